The largest absolute Gasteiger partial charge is 0.474 e. The molecule has 0 aliphatic heterocycles. The summed E-state index contributed by atoms with van der Waals surface area (Å²) in [5.74, 6) is 1.28. The van der Waals surface area contributed by atoms with Gasteiger partial charge in [-0.25, -0.2) is 0 Å². The van der Waals surface area contributed by atoms with Gasteiger partial charge in [-0.05, 0) is 38.8 Å². The van der Waals surface area contributed by atoms with Gasteiger partial charge in [-0.3, -0.25) is 0 Å². The van der Waals surface area contributed by atoms with Crippen LogP contribution in [0.2, 0.25) is 0 Å². The molecule has 0 spiro atoms. The lowest BCUT2D eigenvalue weighted by atomic mass is 10.2. The molecule has 2 aromatic rings. The van der Waals surface area contributed by atoms with Gasteiger partial charge < -0.3 is 4.74 Å². The maximum absolute atomic E-state index is 5.71. The van der Waals surface area contributed by atoms with Crippen LogP contribution in [0.25, 0.3) is 11.2 Å². The number of rotatable bonds is 5. The first-order valence-corrected chi connectivity index (χ1v) is 8.33. The zero-order valence-corrected chi connectivity index (χ0v) is 15.8. The Labute approximate surface area is 145 Å². The number of hydrogen-bond donors (Lipinski definition) is 0. The van der Waals surface area contributed by atoms with E-state index in [1.807, 2.05) is 52.8 Å². The van der Waals surface area contributed by atoms with Gasteiger partial charge in [-0.15, -0.1) is 21.9 Å². The van der Waals surface area contributed by atoms with E-state index in [1.165, 1.54) is 0 Å². The maximum Gasteiger partial charge on any atom is 0.232 e. The number of allylic oxidation sites excluding steroid dienone is 4. The third-order valence-electron chi connectivity index (χ3n) is 2.86. The van der Waals surface area contributed by atoms with E-state index in [-0.39, 0.29) is 6.10 Å². The molecule has 0 bridgehead atoms. The van der Waals surface area contributed by atoms with Crippen LogP contribution in [0.15, 0.2) is 43.5 Å². The summed E-state index contributed by atoms with van der Waals surface area (Å²) in [5, 5.41) is 12.6. The van der Waals surface area contributed by atoms with Crippen molar-refractivity contribution in [3.05, 3.63) is 49.3 Å². The zero-order chi connectivity index (χ0) is 18.5. The molecule has 0 fully saturated rings. The van der Waals surface area contributed by atoms with Crippen molar-refractivity contribution in [2.45, 2.75) is 54.1 Å². The minimum Gasteiger partial charge on any atom is -0.474 e. The third-order valence-corrected chi connectivity index (χ3v) is 2.86. The molecule has 0 amide bonds. The number of aromatic nitrogens is 4. The average molecular weight is 330 g/mol. The first kappa shape index (κ1) is 21.6. The Hall–Kier alpha value is -2.43. The first-order chi connectivity index (χ1) is 11.6. The molecule has 2 heterocycles. The van der Waals surface area contributed by atoms with Gasteiger partial charge in [0.05, 0.1) is 6.10 Å². The molecule has 2 rings (SSSR count). The fraction of sp³-hybridized carbons (Fsp3) is 0.421. The van der Waals surface area contributed by atoms with Gasteiger partial charge in [0.15, 0.2) is 11.5 Å². The number of nitrogens with zero attached hydrogens (tertiary/aromatic N) is 4. The van der Waals surface area contributed by atoms with E-state index in [0.29, 0.717) is 17.4 Å². The second-order valence-electron chi connectivity index (χ2n) is 4.80. The summed E-state index contributed by atoms with van der Waals surface area (Å²) >= 11 is 0. The van der Waals surface area contributed by atoms with Crippen molar-refractivity contribution in [3.63, 3.8) is 0 Å². The van der Waals surface area contributed by atoms with Gasteiger partial charge in [0, 0.05) is 6.07 Å². The first-order valence-electron chi connectivity index (χ1n) is 8.33. The van der Waals surface area contributed by atoms with Crippen LogP contribution in [0, 0.1) is 0 Å². The molecule has 1 atom stereocenters. The monoisotopic (exact) mass is 330 g/mol. The molecule has 5 heteroatoms. The van der Waals surface area contributed by atoms with Crippen molar-refractivity contribution >= 4 is 11.2 Å². The van der Waals surface area contributed by atoms with Gasteiger partial charge in [0.2, 0.25) is 5.88 Å². The fourth-order valence-electron chi connectivity index (χ4n) is 1.62. The highest BCUT2D eigenvalue weighted by Gasteiger charge is 2.10. The van der Waals surface area contributed by atoms with Gasteiger partial charge >= 0.3 is 0 Å². The van der Waals surface area contributed by atoms with E-state index < -0.39 is 0 Å². The van der Waals surface area contributed by atoms with Crippen LogP contribution in [0.1, 0.15) is 53.8 Å². The maximum atomic E-state index is 5.71. The molecule has 0 aliphatic rings. The van der Waals surface area contributed by atoms with Crippen molar-refractivity contribution in [2.24, 2.45) is 0 Å². The number of ether oxygens (including phenoxy) is 1. The van der Waals surface area contributed by atoms with Crippen molar-refractivity contribution in [1.29, 1.82) is 0 Å². The standard InChI is InChI=1S/C14H18N4O.C3H6.C2H6/c1-5-7-10(3)14-16-15-12-8-9-13(17-18(12)14)19-11(4)6-2;1-3-2;1-2/h5,7-9,11H,1,6H2,2-4H3;3H,1H2,2H3;1-2H3/b10-7+;;. The highest BCUT2D eigenvalue weighted by Crippen LogP contribution is 2.16. The second-order valence-corrected chi connectivity index (χ2v) is 4.80. The summed E-state index contributed by atoms with van der Waals surface area (Å²) in [6.45, 7) is 19.0. The van der Waals surface area contributed by atoms with E-state index in [4.69, 9.17) is 4.74 Å². The van der Waals surface area contributed by atoms with Crippen LogP contribution in [-0.4, -0.2) is 25.9 Å². The predicted molar refractivity (Wildman–Crippen MR) is 102 cm³/mol. The van der Waals surface area contributed by atoms with Crippen LogP contribution in [0.3, 0.4) is 0 Å². The molecule has 0 aromatic carbocycles. The molecular formula is C19H30N4O. The van der Waals surface area contributed by atoms with Crippen molar-refractivity contribution in [3.8, 4) is 5.88 Å². The van der Waals surface area contributed by atoms with E-state index >= 15 is 0 Å². The average Bonchev–Trinajstić information content (AvgIpc) is 3.01. The summed E-state index contributed by atoms with van der Waals surface area (Å²) in [5.41, 5.74) is 1.65. The third kappa shape index (κ3) is 6.36. The van der Waals surface area contributed by atoms with Crippen LogP contribution in [0.4, 0.5) is 0 Å². The summed E-state index contributed by atoms with van der Waals surface area (Å²) in [6.07, 6.45) is 6.41. The molecule has 5 nitrogen and oxygen atoms in total. The summed E-state index contributed by atoms with van der Waals surface area (Å²) in [7, 11) is 0. The second kappa shape index (κ2) is 12.0. The van der Waals surface area contributed by atoms with E-state index in [2.05, 4.69) is 35.4 Å². The molecule has 0 radical (unpaired) electrons. The SMILES string of the molecule is C=C/C=C(\C)c1nnc2ccc(OC(C)CC)nn12.C=CC.CC. The Morgan fingerprint density at radius 3 is 2.46 bits per heavy atom. The van der Waals surface area contributed by atoms with E-state index in [9.17, 15) is 0 Å². The summed E-state index contributed by atoms with van der Waals surface area (Å²) < 4.78 is 7.40. The Kier molecular flexibility index (Phi) is 10.8. The minimum atomic E-state index is 0.134. The lowest BCUT2D eigenvalue weighted by Crippen LogP contribution is -2.12. The molecule has 0 saturated heterocycles. The molecule has 0 N–H and O–H groups in total. The smallest absolute Gasteiger partial charge is 0.232 e. The lowest BCUT2D eigenvalue weighted by Gasteiger charge is -2.11. The van der Waals surface area contributed by atoms with Crippen LogP contribution in [0.5, 0.6) is 5.88 Å². The Morgan fingerprint density at radius 2 is 1.92 bits per heavy atom. The quantitative estimate of drug-likeness (QED) is 0.564. The van der Waals surface area contributed by atoms with Crippen LogP contribution < -0.4 is 4.74 Å². The van der Waals surface area contributed by atoms with Gasteiger partial charge in [-0.2, -0.15) is 4.52 Å². The highest BCUT2D eigenvalue weighted by atomic mass is 16.5. The molecule has 0 saturated carbocycles. The van der Waals surface area contributed by atoms with Crippen molar-refractivity contribution < 1.29 is 4.74 Å². The van der Waals surface area contributed by atoms with Gasteiger partial charge in [0.1, 0.15) is 0 Å². The van der Waals surface area contributed by atoms with Crippen LogP contribution >= 0.6 is 0 Å². The summed E-state index contributed by atoms with van der Waals surface area (Å²) in [4.78, 5) is 0. The Balaban J connectivity index is 0.000000952. The summed E-state index contributed by atoms with van der Waals surface area (Å²) in [6, 6.07) is 3.66. The molecule has 24 heavy (non-hydrogen) atoms. The molecule has 2 aromatic heterocycles. The predicted octanol–water partition coefficient (Wildman–Crippen LogP) is 5.11. The molecular weight excluding hydrogens is 300 g/mol. The highest BCUT2D eigenvalue weighted by molar-refractivity contribution is 5.61. The minimum absolute atomic E-state index is 0.134. The van der Waals surface area contributed by atoms with Gasteiger partial charge in [-0.1, -0.05) is 45.6 Å². The Morgan fingerprint density at radius 1 is 1.29 bits per heavy atom. The van der Waals surface area contributed by atoms with Crippen molar-refractivity contribution in [2.75, 3.05) is 0 Å². The molecule has 1 unspecified atom stereocenters. The fourth-order valence-corrected chi connectivity index (χ4v) is 1.62. The molecule has 0 aliphatic carbocycles. The van der Waals surface area contributed by atoms with Crippen LogP contribution in [-0.2, 0) is 0 Å². The van der Waals surface area contributed by atoms with E-state index in [0.717, 1.165) is 12.0 Å². The van der Waals surface area contributed by atoms with E-state index in [1.54, 1.807) is 16.7 Å². The lowest BCUT2D eigenvalue weighted by molar-refractivity contribution is 0.205. The molecule has 132 valence electrons. The number of fused-ring (bicyclic) bond motifs is 1. The zero-order valence-electron chi connectivity index (χ0n) is 15.8. The topological polar surface area (TPSA) is 52.3 Å². The van der Waals surface area contributed by atoms with Crippen molar-refractivity contribution in [1.82, 2.24) is 19.8 Å². The Bertz CT molecular complexity index is 658. The number of hydrogen-bond acceptors (Lipinski definition) is 4. The van der Waals surface area contributed by atoms with Gasteiger partial charge in [0.25, 0.3) is 0 Å². The normalized spacial score (nSPS) is 11.5.